The second kappa shape index (κ2) is 11.0. The van der Waals surface area contributed by atoms with Crippen molar-refractivity contribution < 1.29 is 9.53 Å². The fourth-order valence-corrected chi connectivity index (χ4v) is 4.30. The Bertz CT molecular complexity index is 926. The number of hydrogen-bond acceptors (Lipinski definition) is 5. The highest BCUT2D eigenvalue weighted by Crippen LogP contribution is 2.20. The molecule has 0 aliphatic carbocycles. The molecule has 0 bridgehead atoms. The summed E-state index contributed by atoms with van der Waals surface area (Å²) in [5, 5.41) is 15.1. The summed E-state index contributed by atoms with van der Waals surface area (Å²) in [5.74, 6) is 0. The van der Waals surface area contributed by atoms with Crippen molar-refractivity contribution in [1.29, 1.82) is 5.26 Å². The van der Waals surface area contributed by atoms with Crippen LogP contribution >= 0.6 is 0 Å². The molecule has 4 rings (SSSR count). The van der Waals surface area contributed by atoms with Crippen molar-refractivity contribution in [2.45, 2.75) is 32.0 Å². The lowest BCUT2D eigenvalue weighted by atomic mass is 10.0. The minimum Gasteiger partial charge on any atom is -0.379 e. The number of nitriles is 1. The van der Waals surface area contributed by atoms with Crippen LogP contribution in [0.25, 0.3) is 0 Å². The number of amides is 2. The van der Waals surface area contributed by atoms with Crippen molar-refractivity contribution >= 4 is 11.7 Å². The number of benzene rings is 2. The standard InChI is InChI=1S/C25H31N5O2/c26-17-20-4-6-24(7-5-20)30-10-8-23(9-11-30)28-25(31)27-18-21-2-1-3-22(16-21)19-29-12-14-32-15-13-29/h1-7,16,23H,8-15,18-19H2,(H2,27,28,31). The molecule has 32 heavy (non-hydrogen) atoms. The monoisotopic (exact) mass is 433 g/mol. The predicted octanol–water partition coefficient (Wildman–Crippen LogP) is 2.86. The number of carbonyl (C=O) groups is 1. The molecule has 0 saturated carbocycles. The number of urea groups is 1. The summed E-state index contributed by atoms with van der Waals surface area (Å²) in [5.41, 5.74) is 4.18. The highest BCUT2D eigenvalue weighted by molar-refractivity contribution is 5.74. The lowest BCUT2D eigenvalue weighted by molar-refractivity contribution is 0.0342. The molecule has 168 valence electrons. The molecule has 2 amide bonds. The molecule has 2 aliphatic rings. The number of nitrogens with zero attached hydrogens (tertiary/aromatic N) is 3. The van der Waals surface area contributed by atoms with Gasteiger partial charge >= 0.3 is 6.03 Å². The molecule has 2 aromatic rings. The van der Waals surface area contributed by atoms with Crippen molar-refractivity contribution in [3.8, 4) is 6.07 Å². The van der Waals surface area contributed by atoms with Gasteiger partial charge in [0.2, 0.25) is 0 Å². The maximum absolute atomic E-state index is 12.4. The van der Waals surface area contributed by atoms with Crippen molar-refractivity contribution in [2.24, 2.45) is 0 Å². The Hall–Kier alpha value is -3.08. The number of hydrogen-bond donors (Lipinski definition) is 2. The second-order valence-corrected chi connectivity index (χ2v) is 8.46. The van der Waals surface area contributed by atoms with Crippen LogP contribution in [0.3, 0.4) is 0 Å². The van der Waals surface area contributed by atoms with Crippen LogP contribution in [0.4, 0.5) is 10.5 Å². The van der Waals surface area contributed by atoms with Crippen molar-refractivity contribution in [1.82, 2.24) is 15.5 Å². The third kappa shape index (κ3) is 6.22. The van der Waals surface area contributed by atoms with Crippen LogP contribution in [0.1, 0.15) is 29.5 Å². The van der Waals surface area contributed by atoms with E-state index in [1.807, 2.05) is 24.3 Å². The van der Waals surface area contributed by atoms with E-state index in [1.165, 1.54) is 5.56 Å². The van der Waals surface area contributed by atoms with Gasteiger partial charge in [-0.3, -0.25) is 4.90 Å². The van der Waals surface area contributed by atoms with Crippen LogP contribution < -0.4 is 15.5 Å². The summed E-state index contributed by atoms with van der Waals surface area (Å²) in [7, 11) is 0. The number of piperidine rings is 1. The topological polar surface area (TPSA) is 80.6 Å². The molecule has 0 radical (unpaired) electrons. The molecule has 2 aromatic carbocycles. The van der Waals surface area contributed by atoms with Crippen LogP contribution in [-0.4, -0.2) is 56.4 Å². The molecule has 2 saturated heterocycles. The molecule has 2 aliphatic heterocycles. The summed E-state index contributed by atoms with van der Waals surface area (Å²) in [4.78, 5) is 17.1. The van der Waals surface area contributed by atoms with Gasteiger partial charge < -0.3 is 20.3 Å². The van der Waals surface area contributed by atoms with E-state index in [0.29, 0.717) is 12.1 Å². The lowest BCUT2D eigenvalue weighted by Crippen LogP contribution is -2.47. The van der Waals surface area contributed by atoms with Crippen LogP contribution in [-0.2, 0) is 17.8 Å². The average molecular weight is 434 g/mol. The molecule has 7 heteroatoms. The number of ether oxygens (including phenoxy) is 1. The fraction of sp³-hybridized carbons (Fsp3) is 0.440. The largest absolute Gasteiger partial charge is 0.379 e. The molecule has 2 fully saturated rings. The summed E-state index contributed by atoms with van der Waals surface area (Å²) in [6.07, 6.45) is 1.81. The Kier molecular flexibility index (Phi) is 7.59. The normalized spacial score (nSPS) is 17.5. The van der Waals surface area contributed by atoms with Crippen molar-refractivity contribution in [3.05, 3.63) is 65.2 Å². The van der Waals surface area contributed by atoms with E-state index in [1.54, 1.807) is 0 Å². The summed E-state index contributed by atoms with van der Waals surface area (Å²) >= 11 is 0. The Balaban J connectivity index is 1.19. The number of anilines is 1. The quantitative estimate of drug-likeness (QED) is 0.732. The third-order valence-electron chi connectivity index (χ3n) is 6.15. The molecular weight excluding hydrogens is 402 g/mol. The van der Waals surface area contributed by atoms with E-state index < -0.39 is 0 Å². The van der Waals surface area contributed by atoms with E-state index in [9.17, 15) is 4.79 Å². The SMILES string of the molecule is N#Cc1ccc(N2CCC(NC(=O)NCc3cccc(CN4CCOCC4)c3)CC2)cc1. The molecule has 0 atom stereocenters. The molecule has 0 aromatic heterocycles. The van der Waals surface area contributed by atoms with Gasteiger partial charge in [0, 0.05) is 51.0 Å². The average Bonchev–Trinajstić information content (AvgIpc) is 2.84. The van der Waals surface area contributed by atoms with E-state index in [0.717, 1.165) is 70.0 Å². The van der Waals surface area contributed by atoms with Gasteiger partial charge in [-0.1, -0.05) is 24.3 Å². The fourth-order valence-electron chi connectivity index (χ4n) is 4.30. The number of morpholine rings is 1. The van der Waals surface area contributed by atoms with Crippen LogP contribution in [0.15, 0.2) is 48.5 Å². The first-order valence-corrected chi connectivity index (χ1v) is 11.4. The van der Waals surface area contributed by atoms with Gasteiger partial charge in [-0.2, -0.15) is 5.26 Å². The summed E-state index contributed by atoms with van der Waals surface area (Å²) in [6, 6.07) is 18.3. The maximum atomic E-state index is 12.4. The number of carbonyl (C=O) groups excluding carboxylic acids is 1. The Morgan fingerprint density at radius 3 is 2.47 bits per heavy atom. The molecular formula is C25H31N5O2. The van der Waals surface area contributed by atoms with Gasteiger partial charge in [0.1, 0.15) is 0 Å². The Labute approximate surface area is 190 Å². The first kappa shape index (κ1) is 22.1. The number of rotatable bonds is 6. The zero-order chi connectivity index (χ0) is 22.2. The Morgan fingerprint density at radius 2 is 1.75 bits per heavy atom. The first-order valence-electron chi connectivity index (χ1n) is 11.4. The van der Waals surface area contributed by atoms with E-state index in [4.69, 9.17) is 10.00 Å². The van der Waals surface area contributed by atoms with E-state index >= 15 is 0 Å². The lowest BCUT2D eigenvalue weighted by Gasteiger charge is -2.34. The zero-order valence-corrected chi connectivity index (χ0v) is 18.4. The molecule has 2 heterocycles. The van der Waals surface area contributed by atoms with Crippen molar-refractivity contribution in [3.63, 3.8) is 0 Å². The van der Waals surface area contributed by atoms with Crippen LogP contribution in [0.5, 0.6) is 0 Å². The van der Waals surface area contributed by atoms with Crippen molar-refractivity contribution in [2.75, 3.05) is 44.3 Å². The molecule has 7 nitrogen and oxygen atoms in total. The minimum absolute atomic E-state index is 0.111. The smallest absolute Gasteiger partial charge is 0.315 e. The number of nitrogens with one attached hydrogen (secondary N) is 2. The van der Waals surface area contributed by atoms with Gasteiger partial charge in [-0.25, -0.2) is 4.79 Å². The van der Waals surface area contributed by atoms with Gasteiger partial charge in [0.25, 0.3) is 0 Å². The first-order chi connectivity index (χ1) is 15.7. The molecule has 0 spiro atoms. The zero-order valence-electron chi connectivity index (χ0n) is 18.4. The van der Waals surface area contributed by atoms with Gasteiger partial charge in [0.05, 0.1) is 24.8 Å². The van der Waals surface area contributed by atoms with Gasteiger partial charge in [-0.15, -0.1) is 0 Å². The van der Waals surface area contributed by atoms with E-state index in [2.05, 4.69) is 50.8 Å². The van der Waals surface area contributed by atoms with E-state index in [-0.39, 0.29) is 12.1 Å². The maximum Gasteiger partial charge on any atom is 0.315 e. The van der Waals surface area contributed by atoms with Crippen LogP contribution in [0.2, 0.25) is 0 Å². The highest BCUT2D eigenvalue weighted by Gasteiger charge is 2.21. The Morgan fingerprint density at radius 1 is 1.03 bits per heavy atom. The highest BCUT2D eigenvalue weighted by atomic mass is 16.5. The van der Waals surface area contributed by atoms with Gasteiger partial charge in [-0.05, 0) is 48.2 Å². The molecule has 2 N–H and O–H groups in total. The summed E-state index contributed by atoms with van der Waals surface area (Å²) < 4.78 is 5.42. The van der Waals surface area contributed by atoms with Crippen LogP contribution in [0, 0.1) is 11.3 Å². The third-order valence-corrected chi connectivity index (χ3v) is 6.15. The molecule has 0 unspecified atom stereocenters. The second-order valence-electron chi connectivity index (χ2n) is 8.46. The minimum atomic E-state index is -0.111. The van der Waals surface area contributed by atoms with Gasteiger partial charge in [0.15, 0.2) is 0 Å². The predicted molar refractivity (Wildman–Crippen MR) is 124 cm³/mol. The summed E-state index contributed by atoms with van der Waals surface area (Å²) in [6.45, 7) is 6.75.